The van der Waals surface area contributed by atoms with Crippen molar-refractivity contribution in [3.63, 3.8) is 0 Å². The third kappa shape index (κ3) is 4.03. The maximum absolute atomic E-state index is 13.8. The molecule has 1 amide bonds. The van der Waals surface area contributed by atoms with Gasteiger partial charge in [-0.15, -0.1) is 0 Å². The highest BCUT2D eigenvalue weighted by molar-refractivity contribution is 7.90. The minimum absolute atomic E-state index is 0.00383. The van der Waals surface area contributed by atoms with Crippen molar-refractivity contribution >= 4 is 21.4 Å². The van der Waals surface area contributed by atoms with E-state index < -0.39 is 27.4 Å². The summed E-state index contributed by atoms with van der Waals surface area (Å²) in [6.07, 6.45) is 3.66. The molecule has 1 heterocycles. The van der Waals surface area contributed by atoms with E-state index in [4.69, 9.17) is 0 Å². The Hall–Kier alpha value is -3.07. The summed E-state index contributed by atoms with van der Waals surface area (Å²) in [5.41, 5.74) is 1.17. The van der Waals surface area contributed by atoms with Gasteiger partial charge in [-0.3, -0.25) is 4.79 Å². The number of rotatable bonds is 4. The van der Waals surface area contributed by atoms with E-state index >= 15 is 0 Å². The second-order valence-electron chi connectivity index (χ2n) is 5.97. The van der Waals surface area contributed by atoms with Crippen LogP contribution in [0.4, 0.5) is 14.5 Å². The molecule has 0 saturated heterocycles. The molecule has 140 valence electrons. The van der Waals surface area contributed by atoms with Crippen molar-refractivity contribution in [2.24, 2.45) is 0 Å². The predicted molar refractivity (Wildman–Crippen MR) is 95.7 cm³/mol. The van der Waals surface area contributed by atoms with Crippen LogP contribution in [0.25, 0.3) is 5.69 Å². The number of hydrogen-bond donors (Lipinski definition) is 1. The average molecular weight is 391 g/mol. The van der Waals surface area contributed by atoms with Gasteiger partial charge in [0.1, 0.15) is 11.5 Å². The first-order chi connectivity index (χ1) is 12.6. The molecule has 27 heavy (non-hydrogen) atoms. The number of anilines is 1. The average Bonchev–Trinajstić information content (AvgIpc) is 3.05. The number of amides is 1. The Morgan fingerprint density at radius 2 is 1.89 bits per heavy atom. The molecule has 0 aliphatic heterocycles. The standard InChI is InChI=1S/C18H15F2N3O3S/c1-11-7-14(27(2,25)26)4-5-16(11)22-18(24)12-9-21-23(10-12)17-6-3-13(19)8-15(17)20/h3-10H,1-2H3,(H,22,24). The largest absolute Gasteiger partial charge is 0.322 e. The molecule has 0 bridgehead atoms. The first-order valence-electron chi connectivity index (χ1n) is 7.77. The zero-order valence-electron chi connectivity index (χ0n) is 14.4. The lowest BCUT2D eigenvalue weighted by molar-refractivity contribution is 0.102. The Bertz CT molecular complexity index is 1140. The number of aromatic nitrogens is 2. The molecule has 0 aliphatic rings. The van der Waals surface area contributed by atoms with Gasteiger partial charge in [-0.05, 0) is 42.8 Å². The SMILES string of the molecule is Cc1cc(S(C)(=O)=O)ccc1NC(=O)c1cnn(-c2ccc(F)cc2F)c1. The van der Waals surface area contributed by atoms with Gasteiger partial charge in [-0.2, -0.15) is 5.10 Å². The monoisotopic (exact) mass is 391 g/mol. The minimum atomic E-state index is -3.35. The number of aryl methyl sites for hydroxylation is 1. The van der Waals surface area contributed by atoms with Crippen molar-refractivity contribution in [2.45, 2.75) is 11.8 Å². The lowest BCUT2D eigenvalue weighted by Gasteiger charge is -2.09. The molecule has 3 rings (SSSR count). The fourth-order valence-corrected chi connectivity index (χ4v) is 3.15. The van der Waals surface area contributed by atoms with Gasteiger partial charge in [0, 0.05) is 24.2 Å². The maximum atomic E-state index is 13.8. The molecule has 0 fully saturated rings. The molecule has 0 radical (unpaired) electrons. The van der Waals surface area contributed by atoms with Crippen LogP contribution in [0.3, 0.4) is 0 Å². The summed E-state index contributed by atoms with van der Waals surface area (Å²) in [4.78, 5) is 12.5. The van der Waals surface area contributed by atoms with Gasteiger partial charge < -0.3 is 5.32 Å². The van der Waals surface area contributed by atoms with E-state index in [0.29, 0.717) is 11.3 Å². The third-order valence-corrected chi connectivity index (χ3v) is 4.99. The van der Waals surface area contributed by atoms with Crippen molar-refractivity contribution in [3.8, 4) is 5.69 Å². The summed E-state index contributed by atoms with van der Waals surface area (Å²) < 4.78 is 51.1. The summed E-state index contributed by atoms with van der Waals surface area (Å²) in [5.74, 6) is -2.02. The number of benzene rings is 2. The van der Waals surface area contributed by atoms with Crippen molar-refractivity contribution in [2.75, 3.05) is 11.6 Å². The Balaban J connectivity index is 1.83. The molecule has 1 N–H and O–H groups in total. The Morgan fingerprint density at radius 3 is 2.52 bits per heavy atom. The zero-order chi connectivity index (χ0) is 19.8. The van der Waals surface area contributed by atoms with Crippen LogP contribution in [0.15, 0.2) is 53.7 Å². The van der Waals surface area contributed by atoms with Crippen molar-refractivity contribution in [1.82, 2.24) is 9.78 Å². The molecule has 0 spiro atoms. The summed E-state index contributed by atoms with van der Waals surface area (Å²) >= 11 is 0. The Labute approximate surface area is 154 Å². The van der Waals surface area contributed by atoms with Crippen molar-refractivity contribution in [3.05, 3.63) is 71.6 Å². The van der Waals surface area contributed by atoms with Crippen LogP contribution in [0.5, 0.6) is 0 Å². The van der Waals surface area contributed by atoms with E-state index in [-0.39, 0.29) is 16.1 Å². The van der Waals surface area contributed by atoms with Gasteiger partial charge in [-0.25, -0.2) is 21.9 Å². The van der Waals surface area contributed by atoms with Crippen LogP contribution >= 0.6 is 0 Å². The van der Waals surface area contributed by atoms with Crippen molar-refractivity contribution < 1.29 is 22.0 Å². The number of sulfone groups is 1. The van der Waals surface area contributed by atoms with Crippen LogP contribution in [0.2, 0.25) is 0 Å². The van der Waals surface area contributed by atoms with E-state index in [2.05, 4.69) is 10.4 Å². The highest BCUT2D eigenvalue weighted by Gasteiger charge is 2.14. The van der Waals surface area contributed by atoms with Crippen LogP contribution in [0.1, 0.15) is 15.9 Å². The van der Waals surface area contributed by atoms with Crippen LogP contribution in [-0.2, 0) is 9.84 Å². The normalized spacial score (nSPS) is 11.4. The van der Waals surface area contributed by atoms with Gasteiger partial charge in [-0.1, -0.05) is 0 Å². The maximum Gasteiger partial charge on any atom is 0.258 e. The van der Waals surface area contributed by atoms with Gasteiger partial charge in [0.25, 0.3) is 5.91 Å². The Morgan fingerprint density at radius 1 is 1.15 bits per heavy atom. The second kappa shape index (κ2) is 6.92. The zero-order valence-corrected chi connectivity index (χ0v) is 15.2. The summed E-state index contributed by atoms with van der Waals surface area (Å²) in [5, 5.41) is 6.58. The fourth-order valence-electron chi connectivity index (χ4n) is 2.44. The van der Waals surface area contributed by atoms with E-state index in [1.807, 2.05) is 0 Å². The highest BCUT2D eigenvalue weighted by Crippen LogP contribution is 2.21. The first kappa shape index (κ1) is 18.7. The first-order valence-corrected chi connectivity index (χ1v) is 9.66. The molecule has 0 unspecified atom stereocenters. The van der Waals surface area contributed by atoms with E-state index in [0.717, 1.165) is 23.1 Å². The van der Waals surface area contributed by atoms with Crippen molar-refractivity contribution in [1.29, 1.82) is 0 Å². The molecule has 0 saturated carbocycles. The van der Waals surface area contributed by atoms with Gasteiger partial charge >= 0.3 is 0 Å². The van der Waals surface area contributed by atoms with Gasteiger partial charge in [0.2, 0.25) is 0 Å². The van der Waals surface area contributed by atoms with Gasteiger partial charge in [0.05, 0.1) is 16.7 Å². The molecule has 0 atom stereocenters. The minimum Gasteiger partial charge on any atom is -0.322 e. The molecule has 6 nitrogen and oxygen atoms in total. The summed E-state index contributed by atoms with van der Waals surface area (Å²) in [6.45, 7) is 1.67. The van der Waals surface area contributed by atoms with Gasteiger partial charge in [0.15, 0.2) is 15.7 Å². The Kier molecular flexibility index (Phi) is 4.79. The lowest BCUT2D eigenvalue weighted by Crippen LogP contribution is -2.12. The molecule has 2 aromatic carbocycles. The topological polar surface area (TPSA) is 81.1 Å². The summed E-state index contributed by atoms with van der Waals surface area (Å²) in [7, 11) is -3.35. The van der Waals surface area contributed by atoms with E-state index in [1.54, 1.807) is 6.92 Å². The molecule has 3 aromatic rings. The van der Waals surface area contributed by atoms with Crippen LogP contribution in [0, 0.1) is 18.6 Å². The van der Waals surface area contributed by atoms with Crippen LogP contribution < -0.4 is 5.32 Å². The smallest absolute Gasteiger partial charge is 0.258 e. The van der Waals surface area contributed by atoms with E-state index in [1.165, 1.54) is 36.7 Å². The molecular weight excluding hydrogens is 376 g/mol. The number of hydrogen-bond acceptors (Lipinski definition) is 4. The molecular formula is C18H15F2N3O3S. The number of nitrogens with zero attached hydrogens (tertiary/aromatic N) is 2. The molecule has 1 aromatic heterocycles. The number of halogens is 2. The summed E-state index contributed by atoms with van der Waals surface area (Å²) in [6, 6.07) is 7.38. The van der Waals surface area contributed by atoms with E-state index in [9.17, 15) is 22.0 Å². The lowest BCUT2D eigenvalue weighted by atomic mass is 10.2. The third-order valence-electron chi connectivity index (χ3n) is 3.88. The predicted octanol–water partition coefficient (Wildman–Crippen LogP) is 3.11. The number of carbonyl (C=O) groups is 1. The number of nitrogens with one attached hydrogen (secondary N) is 1. The number of carbonyl (C=O) groups excluding carboxylic acids is 1. The molecule has 9 heteroatoms. The van der Waals surface area contributed by atoms with Crippen LogP contribution in [-0.4, -0.2) is 30.4 Å². The highest BCUT2D eigenvalue weighted by atomic mass is 32.2. The fraction of sp³-hybridized carbons (Fsp3) is 0.111. The molecule has 0 aliphatic carbocycles. The quantitative estimate of drug-likeness (QED) is 0.741. The second-order valence-corrected chi connectivity index (χ2v) is 7.99.